The molecule has 0 radical (unpaired) electrons. The molecule has 0 aliphatic heterocycles. The Morgan fingerprint density at radius 1 is 0.519 bits per heavy atom. The molecule has 0 aromatic rings. The fourth-order valence-electron chi connectivity index (χ4n) is 3.16. The van der Waals surface area contributed by atoms with Crippen LogP contribution in [0.3, 0.4) is 0 Å². The monoisotopic (exact) mass is 429 g/mol. The maximum atomic E-state index is 9.87. The van der Waals surface area contributed by atoms with Gasteiger partial charge in [0.1, 0.15) is 0 Å². The molecule has 0 fully saturated rings. The first-order valence-electron chi connectivity index (χ1n) is 10.5. The first-order chi connectivity index (χ1) is 12.1. The number of halogens is 6. The van der Waals surface area contributed by atoms with Gasteiger partial charge in [-0.2, -0.15) is 0 Å². The summed E-state index contributed by atoms with van der Waals surface area (Å²) in [5.41, 5.74) is 5.06. The average Bonchev–Trinajstić information content (AvgIpc) is 2.50. The van der Waals surface area contributed by atoms with E-state index in [1.807, 2.05) is 0 Å². The first kappa shape index (κ1) is 29.2. The summed E-state index contributed by atoms with van der Waals surface area (Å²) >= 11 is 0. The van der Waals surface area contributed by atoms with Crippen LogP contribution in [0.4, 0.5) is 25.2 Å². The van der Waals surface area contributed by atoms with E-state index < -0.39 is 7.81 Å². The van der Waals surface area contributed by atoms with Crippen molar-refractivity contribution in [3.63, 3.8) is 0 Å². The Balaban J connectivity index is 0. The molecular formula is C19H42F6NP. The van der Waals surface area contributed by atoms with E-state index in [9.17, 15) is 25.2 Å². The summed E-state index contributed by atoms with van der Waals surface area (Å²) in [6.07, 6.45) is 20.8. The van der Waals surface area contributed by atoms with Gasteiger partial charge in [0, 0.05) is 19.3 Å². The average molecular weight is 430 g/mol. The van der Waals surface area contributed by atoms with Gasteiger partial charge in [-0.15, -0.1) is 0 Å². The van der Waals surface area contributed by atoms with Crippen LogP contribution in [-0.4, -0.2) is 5.54 Å². The molecule has 0 amide bonds. The molecule has 0 rings (SSSR count). The molecule has 0 spiro atoms. The molecule has 3 N–H and O–H groups in total. The van der Waals surface area contributed by atoms with Gasteiger partial charge < -0.3 is 5.73 Å². The Morgan fingerprint density at radius 2 is 0.741 bits per heavy atom. The molecular weight excluding hydrogens is 387 g/mol. The Morgan fingerprint density at radius 3 is 0.926 bits per heavy atom. The quantitative estimate of drug-likeness (QED) is 0.153. The molecule has 0 unspecified atom stereocenters. The number of rotatable bonds is 15. The Hall–Kier alpha value is -0.0300. The standard InChI is InChI=1S/C19H41N.F6P/c1-4-7-10-13-16-19(20,17-14-11-8-5-2)18-15-12-9-6-3;1-7(2,3,4,5)6/h4-18,20H2,1-3H3;/q;-1/p+1. The van der Waals surface area contributed by atoms with Crippen molar-refractivity contribution in [2.75, 3.05) is 0 Å². The van der Waals surface area contributed by atoms with Gasteiger partial charge in [-0.1, -0.05) is 78.6 Å². The van der Waals surface area contributed by atoms with Crippen LogP contribution in [0.5, 0.6) is 0 Å². The number of quaternary nitrogens is 1. The summed E-state index contributed by atoms with van der Waals surface area (Å²) in [6, 6.07) is 0. The molecule has 1 nitrogen and oxygen atoms in total. The van der Waals surface area contributed by atoms with Crippen molar-refractivity contribution in [1.82, 2.24) is 0 Å². The van der Waals surface area contributed by atoms with Gasteiger partial charge in [-0.25, -0.2) is 0 Å². The predicted octanol–water partition coefficient (Wildman–Crippen LogP) is 9.26. The molecule has 0 heterocycles. The van der Waals surface area contributed by atoms with Crippen LogP contribution < -0.4 is 5.73 Å². The summed E-state index contributed by atoms with van der Waals surface area (Å²) in [4.78, 5) is 0. The van der Waals surface area contributed by atoms with Crippen molar-refractivity contribution >= 4 is 7.81 Å². The van der Waals surface area contributed by atoms with Gasteiger partial charge in [0.15, 0.2) is 0 Å². The van der Waals surface area contributed by atoms with Crippen molar-refractivity contribution in [3.05, 3.63) is 0 Å². The number of unbranched alkanes of at least 4 members (excludes halogenated alkanes) is 9. The molecule has 0 aromatic heterocycles. The van der Waals surface area contributed by atoms with Crippen LogP contribution in [0.1, 0.15) is 117 Å². The Kier molecular flexibility index (Phi) is 13.5. The molecule has 8 heteroatoms. The summed E-state index contributed by atoms with van der Waals surface area (Å²) in [5.74, 6) is 0. The molecule has 0 aliphatic rings. The van der Waals surface area contributed by atoms with E-state index in [0.717, 1.165) is 0 Å². The van der Waals surface area contributed by atoms with E-state index in [1.165, 1.54) is 96.3 Å². The molecule has 0 bridgehead atoms. The summed E-state index contributed by atoms with van der Waals surface area (Å²) in [6.45, 7) is 6.90. The van der Waals surface area contributed by atoms with Crippen LogP contribution in [0, 0.1) is 0 Å². The van der Waals surface area contributed by atoms with Crippen molar-refractivity contribution < 1.29 is 30.9 Å². The van der Waals surface area contributed by atoms with E-state index in [2.05, 4.69) is 26.5 Å². The van der Waals surface area contributed by atoms with Crippen LogP contribution >= 0.6 is 7.81 Å². The summed E-state index contributed by atoms with van der Waals surface area (Å²) < 4.78 is 59.2. The molecule has 0 saturated heterocycles. The predicted molar refractivity (Wildman–Crippen MR) is 105 cm³/mol. The van der Waals surface area contributed by atoms with E-state index in [-0.39, 0.29) is 0 Å². The third kappa shape index (κ3) is 33.9. The van der Waals surface area contributed by atoms with Crippen LogP contribution in [0.2, 0.25) is 0 Å². The molecule has 170 valence electrons. The fraction of sp³-hybridized carbons (Fsp3) is 1.00. The topological polar surface area (TPSA) is 27.6 Å². The van der Waals surface area contributed by atoms with E-state index >= 15 is 0 Å². The van der Waals surface area contributed by atoms with Gasteiger partial charge in [0.25, 0.3) is 0 Å². The van der Waals surface area contributed by atoms with Crippen LogP contribution in [-0.2, 0) is 0 Å². The first-order valence-corrected chi connectivity index (χ1v) is 12.6. The zero-order valence-electron chi connectivity index (χ0n) is 17.5. The molecule has 0 aromatic carbocycles. The molecule has 0 atom stereocenters. The van der Waals surface area contributed by atoms with Crippen molar-refractivity contribution in [3.8, 4) is 0 Å². The van der Waals surface area contributed by atoms with Crippen molar-refractivity contribution in [2.24, 2.45) is 0 Å². The van der Waals surface area contributed by atoms with Crippen LogP contribution in [0.25, 0.3) is 0 Å². The van der Waals surface area contributed by atoms with E-state index in [4.69, 9.17) is 0 Å². The second kappa shape index (κ2) is 12.5. The SMILES string of the molecule is CCCCCCC([NH3+])(CCCCCC)CCCCCC.F[P-](F)(F)(F)(F)F. The normalized spacial score (nSPS) is 14.9. The maximum absolute atomic E-state index is 10.7. The van der Waals surface area contributed by atoms with Gasteiger partial charge in [0.2, 0.25) is 0 Å². The molecule has 0 saturated carbocycles. The Labute approximate surface area is 162 Å². The molecule has 27 heavy (non-hydrogen) atoms. The van der Waals surface area contributed by atoms with Gasteiger partial charge in [-0.05, 0) is 19.3 Å². The summed E-state index contributed by atoms with van der Waals surface area (Å²) in [7, 11) is -10.7. The van der Waals surface area contributed by atoms with Gasteiger partial charge in [0.05, 0.1) is 5.54 Å². The zero-order chi connectivity index (χ0) is 21.5. The Bertz CT molecular complexity index is 313. The zero-order valence-corrected chi connectivity index (χ0v) is 18.4. The van der Waals surface area contributed by atoms with Gasteiger partial charge in [-0.3, -0.25) is 0 Å². The van der Waals surface area contributed by atoms with Crippen molar-refractivity contribution in [2.45, 2.75) is 123 Å². The second-order valence-corrected chi connectivity index (χ2v) is 9.81. The minimum absolute atomic E-state index is 0.398. The van der Waals surface area contributed by atoms with Crippen molar-refractivity contribution in [1.29, 1.82) is 0 Å². The number of hydrogen-bond donors (Lipinski definition) is 1. The molecule has 0 aliphatic carbocycles. The van der Waals surface area contributed by atoms with Crippen LogP contribution in [0.15, 0.2) is 0 Å². The fourth-order valence-corrected chi connectivity index (χ4v) is 3.16. The van der Waals surface area contributed by atoms with E-state index in [0.29, 0.717) is 5.54 Å². The third-order valence-corrected chi connectivity index (χ3v) is 4.68. The van der Waals surface area contributed by atoms with Gasteiger partial charge >= 0.3 is 33.0 Å². The third-order valence-electron chi connectivity index (χ3n) is 4.68. The summed E-state index contributed by atoms with van der Waals surface area (Å²) in [5, 5.41) is 0. The second-order valence-electron chi connectivity index (χ2n) is 7.89. The minimum atomic E-state index is -10.7. The van der Waals surface area contributed by atoms with E-state index in [1.54, 1.807) is 0 Å². The number of hydrogen-bond acceptors (Lipinski definition) is 0.